The molecule has 0 saturated carbocycles. The van der Waals surface area contributed by atoms with Crippen molar-refractivity contribution in [3.63, 3.8) is 0 Å². The van der Waals surface area contributed by atoms with Crippen LogP contribution in [-0.4, -0.2) is 9.38 Å². The van der Waals surface area contributed by atoms with Gasteiger partial charge in [0, 0.05) is 12.2 Å². The maximum Gasteiger partial charge on any atom is 0.417 e. The Labute approximate surface area is 125 Å². The predicted octanol–water partition coefficient (Wildman–Crippen LogP) is 4.36. The van der Waals surface area contributed by atoms with Gasteiger partial charge < -0.3 is 10.1 Å². The van der Waals surface area contributed by atoms with E-state index in [-0.39, 0.29) is 11.1 Å². The third kappa shape index (κ3) is 3.16. The molecular formula is C14H17ClF3N3. The molecule has 0 aliphatic rings. The topological polar surface area (TPSA) is 43.3 Å². The van der Waals surface area contributed by atoms with E-state index >= 15 is 0 Å². The van der Waals surface area contributed by atoms with Gasteiger partial charge in [-0.1, -0.05) is 25.4 Å². The molecule has 0 amide bonds. The first-order valence-corrected chi connectivity index (χ1v) is 7.00. The number of rotatable bonds is 3. The second-order valence-corrected chi connectivity index (χ2v) is 5.99. The standard InChI is InChI=1S/C14H17ClF3N3/c1-7(2)4-11(19)12-8(3)20-13-10(15)5-9(6-21(12)13)14(16,17)18/h5-7,11H,4,19H2,1-3H3. The van der Waals surface area contributed by atoms with Crippen LogP contribution in [0, 0.1) is 12.8 Å². The predicted molar refractivity (Wildman–Crippen MR) is 76.3 cm³/mol. The largest absolute Gasteiger partial charge is 0.417 e. The first kappa shape index (κ1) is 16.1. The number of aromatic nitrogens is 2. The van der Waals surface area contributed by atoms with Crippen LogP contribution < -0.4 is 5.73 Å². The highest BCUT2D eigenvalue weighted by Gasteiger charge is 2.32. The lowest BCUT2D eigenvalue weighted by molar-refractivity contribution is -0.137. The van der Waals surface area contributed by atoms with E-state index in [0.717, 1.165) is 12.3 Å². The Kier molecular flexibility index (Phi) is 4.22. The molecule has 116 valence electrons. The summed E-state index contributed by atoms with van der Waals surface area (Å²) < 4.78 is 40.1. The van der Waals surface area contributed by atoms with Gasteiger partial charge in [-0.2, -0.15) is 13.2 Å². The minimum Gasteiger partial charge on any atom is -0.323 e. The Balaban J connectivity index is 2.65. The fourth-order valence-electron chi connectivity index (χ4n) is 2.46. The molecule has 0 bridgehead atoms. The lowest BCUT2D eigenvalue weighted by atomic mass is 10.0. The average molecular weight is 320 g/mol. The highest BCUT2D eigenvalue weighted by Crippen LogP contribution is 2.34. The molecule has 21 heavy (non-hydrogen) atoms. The van der Waals surface area contributed by atoms with Gasteiger partial charge in [0.2, 0.25) is 0 Å². The van der Waals surface area contributed by atoms with Gasteiger partial charge in [-0.15, -0.1) is 0 Å². The van der Waals surface area contributed by atoms with Gasteiger partial charge in [0.1, 0.15) is 0 Å². The van der Waals surface area contributed by atoms with Crippen molar-refractivity contribution in [2.45, 2.75) is 39.4 Å². The molecule has 0 radical (unpaired) electrons. The smallest absolute Gasteiger partial charge is 0.323 e. The Morgan fingerprint density at radius 2 is 2.00 bits per heavy atom. The zero-order valence-corrected chi connectivity index (χ0v) is 12.8. The van der Waals surface area contributed by atoms with Gasteiger partial charge in [-0.05, 0) is 25.3 Å². The van der Waals surface area contributed by atoms with Crippen molar-refractivity contribution < 1.29 is 13.2 Å². The van der Waals surface area contributed by atoms with Crippen LogP contribution >= 0.6 is 11.6 Å². The van der Waals surface area contributed by atoms with Crippen LogP contribution in [0.1, 0.15) is 43.3 Å². The van der Waals surface area contributed by atoms with Gasteiger partial charge >= 0.3 is 6.18 Å². The summed E-state index contributed by atoms with van der Waals surface area (Å²) in [5, 5.41) is -0.0316. The number of hydrogen-bond acceptors (Lipinski definition) is 2. The fourth-order valence-corrected chi connectivity index (χ4v) is 2.71. The number of nitrogens with two attached hydrogens (primary N) is 1. The van der Waals surface area contributed by atoms with E-state index in [1.807, 2.05) is 13.8 Å². The van der Waals surface area contributed by atoms with E-state index in [1.165, 1.54) is 4.40 Å². The van der Waals surface area contributed by atoms with Crippen molar-refractivity contribution in [3.8, 4) is 0 Å². The number of nitrogens with zero attached hydrogens (tertiary/aromatic N) is 2. The Morgan fingerprint density at radius 3 is 2.52 bits per heavy atom. The maximum absolute atomic E-state index is 12.9. The van der Waals surface area contributed by atoms with Crippen LogP contribution in [0.3, 0.4) is 0 Å². The van der Waals surface area contributed by atoms with E-state index < -0.39 is 11.7 Å². The number of pyridine rings is 1. The first-order chi connectivity index (χ1) is 9.61. The molecule has 7 heteroatoms. The second kappa shape index (κ2) is 5.50. The van der Waals surface area contributed by atoms with Gasteiger partial charge in [0.15, 0.2) is 5.65 Å². The number of aryl methyl sites for hydroxylation is 1. The Bertz CT molecular complexity index is 662. The van der Waals surface area contributed by atoms with E-state index in [4.69, 9.17) is 17.3 Å². The van der Waals surface area contributed by atoms with Crippen LogP contribution in [0.4, 0.5) is 13.2 Å². The molecular weight excluding hydrogens is 303 g/mol. The van der Waals surface area contributed by atoms with Crippen LogP contribution in [0.15, 0.2) is 12.3 Å². The molecule has 2 aromatic heterocycles. The SMILES string of the molecule is Cc1nc2c(Cl)cc(C(F)(F)F)cn2c1C(N)CC(C)C. The summed E-state index contributed by atoms with van der Waals surface area (Å²) in [6, 6.07) is 0.501. The number of imidazole rings is 1. The summed E-state index contributed by atoms with van der Waals surface area (Å²) in [7, 11) is 0. The lowest BCUT2D eigenvalue weighted by Crippen LogP contribution is -2.17. The molecule has 0 aliphatic heterocycles. The molecule has 3 nitrogen and oxygen atoms in total. The summed E-state index contributed by atoms with van der Waals surface area (Å²) in [6.07, 6.45) is -2.80. The quantitative estimate of drug-likeness (QED) is 0.913. The monoisotopic (exact) mass is 319 g/mol. The number of fused-ring (bicyclic) bond motifs is 1. The van der Waals surface area contributed by atoms with Gasteiger partial charge in [-0.25, -0.2) is 4.98 Å². The van der Waals surface area contributed by atoms with Crippen molar-refractivity contribution in [1.82, 2.24) is 9.38 Å². The van der Waals surface area contributed by atoms with E-state index in [2.05, 4.69) is 4.98 Å². The maximum atomic E-state index is 12.9. The third-order valence-corrected chi connectivity index (χ3v) is 3.58. The highest BCUT2D eigenvalue weighted by molar-refractivity contribution is 6.33. The van der Waals surface area contributed by atoms with Crippen LogP contribution in [0.2, 0.25) is 5.02 Å². The van der Waals surface area contributed by atoms with Crippen LogP contribution in [0.25, 0.3) is 5.65 Å². The molecule has 2 aromatic rings. The molecule has 0 saturated heterocycles. The molecule has 2 heterocycles. The minimum absolute atomic E-state index is 0.0316. The second-order valence-electron chi connectivity index (χ2n) is 5.59. The van der Waals surface area contributed by atoms with E-state index in [9.17, 15) is 13.2 Å². The van der Waals surface area contributed by atoms with Crippen LogP contribution in [0.5, 0.6) is 0 Å². The van der Waals surface area contributed by atoms with Gasteiger partial charge in [0.05, 0.1) is 22.0 Å². The molecule has 2 rings (SSSR count). The number of hydrogen-bond donors (Lipinski definition) is 1. The normalized spacial score (nSPS) is 14.1. The molecule has 0 fully saturated rings. The Hall–Kier alpha value is -1.27. The zero-order valence-electron chi connectivity index (χ0n) is 12.0. The summed E-state index contributed by atoms with van der Waals surface area (Å²) in [6.45, 7) is 5.74. The van der Waals surface area contributed by atoms with Crippen LogP contribution in [-0.2, 0) is 6.18 Å². The molecule has 0 spiro atoms. The summed E-state index contributed by atoms with van der Waals surface area (Å²) in [5.41, 5.74) is 6.80. The Morgan fingerprint density at radius 1 is 1.38 bits per heavy atom. The summed E-state index contributed by atoms with van der Waals surface area (Å²) in [5.74, 6) is 0.325. The zero-order chi connectivity index (χ0) is 15.9. The van der Waals surface area contributed by atoms with Crippen molar-refractivity contribution in [2.75, 3.05) is 0 Å². The average Bonchev–Trinajstić information content (AvgIpc) is 2.63. The molecule has 2 N–H and O–H groups in total. The van der Waals surface area contributed by atoms with Crippen molar-refractivity contribution in [3.05, 3.63) is 34.2 Å². The lowest BCUT2D eigenvalue weighted by Gasteiger charge is -2.16. The molecule has 1 unspecified atom stereocenters. The van der Waals surface area contributed by atoms with E-state index in [0.29, 0.717) is 29.4 Å². The van der Waals surface area contributed by atoms with E-state index in [1.54, 1.807) is 6.92 Å². The summed E-state index contributed by atoms with van der Waals surface area (Å²) in [4.78, 5) is 4.25. The fraction of sp³-hybridized carbons (Fsp3) is 0.500. The first-order valence-electron chi connectivity index (χ1n) is 6.62. The highest BCUT2D eigenvalue weighted by atomic mass is 35.5. The number of halogens is 4. The van der Waals surface area contributed by atoms with Gasteiger partial charge in [-0.3, -0.25) is 0 Å². The van der Waals surface area contributed by atoms with Crippen molar-refractivity contribution >= 4 is 17.2 Å². The van der Waals surface area contributed by atoms with Gasteiger partial charge in [0.25, 0.3) is 0 Å². The number of alkyl halides is 3. The molecule has 0 aromatic carbocycles. The summed E-state index contributed by atoms with van der Waals surface area (Å²) >= 11 is 5.94. The third-order valence-electron chi connectivity index (χ3n) is 3.30. The van der Waals surface area contributed by atoms with Crippen molar-refractivity contribution in [2.24, 2.45) is 11.7 Å². The molecule has 0 aliphatic carbocycles. The molecule has 1 atom stereocenters. The van der Waals surface area contributed by atoms with Crippen molar-refractivity contribution in [1.29, 1.82) is 0 Å². The minimum atomic E-state index is -4.46.